The van der Waals surface area contributed by atoms with Crippen molar-refractivity contribution in [2.45, 2.75) is 44.4 Å². The third-order valence-electron chi connectivity index (χ3n) is 5.29. The summed E-state index contributed by atoms with van der Waals surface area (Å²) in [5.74, 6) is -1.33. The molecule has 2 fully saturated rings. The molecule has 5 nitrogen and oxygen atoms in total. The van der Waals surface area contributed by atoms with Crippen LogP contribution >= 0.6 is 0 Å². The Morgan fingerprint density at radius 1 is 1.11 bits per heavy atom. The molecule has 2 aliphatic rings. The molecule has 0 aromatic heterocycles. The van der Waals surface area contributed by atoms with Gasteiger partial charge in [0.1, 0.15) is 5.82 Å². The van der Waals surface area contributed by atoms with Crippen molar-refractivity contribution in [3.05, 3.63) is 65.0 Å². The van der Waals surface area contributed by atoms with E-state index in [-0.39, 0.29) is 29.7 Å². The molecular weight excluding hydrogens is 347 g/mol. The van der Waals surface area contributed by atoms with Crippen molar-refractivity contribution in [1.29, 1.82) is 0 Å². The molecule has 2 aliphatic heterocycles. The summed E-state index contributed by atoms with van der Waals surface area (Å²) in [5.41, 5.74) is 1.69. The zero-order valence-electron chi connectivity index (χ0n) is 15.0. The van der Waals surface area contributed by atoms with Crippen LogP contribution in [0, 0.1) is 12.7 Å². The van der Waals surface area contributed by atoms with Crippen molar-refractivity contribution in [1.82, 2.24) is 5.32 Å². The fourth-order valence-electron chi connectivity index (χ4n) is 3.77. The van der Waals surface area contributed by atoms with Crippen molar-refractivity contribution in [2.24, 2.45) is 0 Å². The highest BCUT2D eigenvalue weighted by Gasteiger charge is 2.41. The van der Waals surface area contributed by atoms with E-state index in [1.165, 1.54) is 18.2 Å². The highest BCUT2D eigenvalue weighted by atomic mass is 19.1. The lowest BCUT2D eigenvalue weighted by Gasteiger charge is -2.20. The van der Waals surface area contributed by atoms with E-state index in [1.54, 1.807) is 24.3 Å². The van der Waals surface area contributed by atoms with Crippen LogP contribution in [0.5, 0.6) is 0 Å². The first-order valence-corrected chi connectivity index (χ1v) is 9.14. The van der Waals surface area contributed by atoms with Gasteiger partial charge in [0.25, 0.3) is 11.8 Å². The standard InChI is InChI=1S/C21H21FN2O3/c1-12-6-7-13(20(25)24-18-11-14-8-9-19(18)27-14)10-17(12)23-21(26)15-4-2-3-5-16(15)22/h2-7,10,14,18-19H,8-9,11H2,1H3,(H,23,26)(H,24,25)/t14-,18-,19+/m1/s1. The lowest BCUT2D eigenvalue weighted by atomic mass is 9.95. The molecule has 27 heavy (non-hydrogen) atoms. The minimum absolute atomic E-state index is 0.0361. The van der Waals surface area contributed by atoms with E-state index in [9.17, 15) is 14.0 Å². The van der Waals surface area contributed by atoms with Gasteiger partial charge in [-0.2, -0.15) is 0 Å². The molecule has 2 bridgehead atoms. The van der Waals surface area contributed by atoms with Gasteiger partial charge < -0.3 is 15.4 Å². The Balaban J connectivity index is 1.48. The van der Waals surface area contributed by atoms with E-state index in [2.05, 4.69) is 10.6 Å². The summed E-state index contributed by atoms with van der Waals surface area (Å²) in [6.45, 7) is 1.82. The highest BCUT2D eigenvalue weighted by Crippen LogP contribution is 2.34. The van der Waals surface area contributed by atoms with E-state index >= 15 is 0 Å². The van der Waals surface area contributed by atoms with Crippen LogP contribution in [-0.4, -0.2) is 30.1 Å². The zero-order chi connectivity index (χ0) is 19.0. The van der Waals surface area contributed by atoms with Gasteiger partial charge in [-0.15, -0.1) is 0 Å². The molecule has 0 spiro atoms. The number of aryl methyl sites for hydroxylation is 1. The summed E-state index contributed by atoms with van der Waals surface area (Å²) in [4.78, 5) is 25.0. The topological polar surface area (TPSA) is 67.4 Å². The first kappa shape index (κ1) is 17.7. The summed E-state index contributed by atoms with van der Waals surface area (Å²) in [7, 11) is 0. The fraction of sp³-hybridized carbons (Fsp3) is 0.333. The molecule has 140 valence electrons. The molecule has 4 rings (SSSR count). The first-order chi connectivity index (χ1) is 13.0. The predicted octanol–water partition coefficient (Wildman–Crippen LogP) is 3.44. The number of hydrogen-bond donors (Lipinski definition) is 2. The number of amides is 2. The lowest BCUT2D eigenvalue weighted by molar-refractivity contribution is 0.0840. The number of ether oxygens (including phenoxy) is 1. The van der Waals surface area contributed by atoms with Crippen molar-refractivity contribution < 1.29 is 18.7 Å². The van der Waals surface area contributed by atoms with Crippen LogP contribution in [0.15, 0.2) is 42.5 Å². The average Bonchev–Trinajstić information content (AvgIpc) is 3.26. The maximum atomic E-state index is 13.8. The van der Waals surface area contributed by atoms with Crippen LogP contribution in [-0.2, 0) is 4.74 Å². The number of carbonyl (C=O) groups is 2. The Hall–Kier alpha value is -2.73. The highest BCUT2D eigenvalue weighted by molar-refractivity contribution is 6.05. The molecule has 0 saturated carbocycles. The predicted molar refractivity (Wildman–Crippen MR) is 99.3 cm³/mol. The second-order valence-electron chi connectivity index (χ2n) is 7.15. The second kappa shape index (κ2) is 7.12. The maximum Gasteiger partial charge on any atom is 0.258 e. The van der Waals surface area contributed by atoms with Gasteiger partial charge in [0.2, 0.25) is 0 Å². The Bertz CT molecular complexity index is 899. The van der Waals surface area contributed by atoms with Gasteiger partial charge in [-0.25, -0.2) is 4.39 Å². The smallest absolute Gasteiger partial charge is 0.258 e. The van der Waals surface area contributed by atoms with Gasteiger partial charge in [0.05, 0.1) is 23.8 Å². The Morgan fingerprint density at radius 3 is 2.63 bits per heavy atom. The monoisotopic (exact) mass is 368 g/mol. The first-order valence-electron chi connectivity index (χ1n) is 9.14. The summed E-state index contributed by atoms with van der Waals surface area (Å²) in [6.07, 6.45) is 3.25. The van der Waals surface area contributed by atoms with Gasteiger partial charge in [0, 0.05) is 11.3 Å². The van der Waals surface area contributed by atoms with Gasteiger partial charge in [0.15, 0.2) is 0 Å². The molecule has 6 heteroatoms. The van der Waals surface area contributed by atoms with E-state index in [0.717, 1.165) is 24.8 Å². The molecule has 2 saturated heterocycles. The largest absolute Gasteiger partial charge is 0.373 e. The normalized spacial score (nSPS) is 23.3. The van der Waals surface area contributed by atoms with E-state index < -0.39 is 11.7 Å². The summed E-state index contributed by atoms with van der Waals surface area (Å²) in [6, 6.07) is 10.9. The van der Waals surface area contributed by atoms with Crippen LogP contribution in [0.25, 0.3) is 0 Å². The number of fused-ring (bicyclic) bond motifs is 2. The van der Waals surface area contributed by atoms with Crippen molar-refractivity contribution in [2.75, 3.05) is 5.32 Å². The van der Waals surface area contributed by atoms with Gasteiger partial charge >= 0.3 is 0 Å². The third-order valence-corrected chi connectivity index (χ3v) is 5.29. The number of halogens is 1. The Morgan fingerprint density at radius 2 is 1.93 bits per heavy atom. The number of nitrogens with one attached hydrogen (secondary N) is 2. The minimum Gasteiger partial charge on any atom is -0.373 e. The lowest BCUT2D eigenvalue weighted by Crippen LogP contribution is -2.41. The number of benzene rings is 2. The van der Waals surface area contributed by atoms with Gasteiger partial charge in [-0.1, -0.05) is 18.2 Å². The number of rotatable bonds is 4. The number of hydrogen-bond acceptors (Lipinski definition) is 3. The number of carbonyl (C=O) groups excluding carboxylic acids is 2. The van der Waals surface area contributed by atoms with Crippen LogP contribution in [0.2, 0.25) is 0 Å². The van der Waals surface area contributed by atoms with Gasteiger partial charge in [-0.3, -0.25) is 9.59 Å². The quantitative estimate of drug-likeness (QED) is 0.869. The Labute approximate surface area is 156 Å². The molecule has 2 amide bonds. The van der Waals surface area contributed by atoms with Crippen LogP contribution in [0.1, 0.15) is 45.5 Å². The fourth-order valence-corrected chi connectivity index (χ4v) is 3.77. The van der Waals surface area contributed by atoms with Crippen LogP contribution in [0.3, 0.4) is 0 Å². The van der Waals surface area contributed by atoms with Crippen molar-refractivity contribution >= 4 is 17.5 Å². The Kier molecular flexibility index (Phi) is 4.66. The maximum absolute atomic E-state index is 13.8. The van der Waals surface area contributed by atoms with Gasteiger partial charge in [-0.05, 0) is 56.0 Å². The minimum atomic E-state index is -0.585. The number of anilines is 1. The third kappa shape index (κ3) is 3.57. The average molecular weight is 368 g/mol. The summed E-state index contributed by atoms with van der Waals surface area (Å²) >= 11 is 0. The van der Waals surface area contributed by atoms with E-state index in [0.29, 0.717) is 11.3 Å². The second-order valence-corrected chi connectivity index (χ2v) is 7.15. The van der Waals surface area contributed by atoms with E-state index in [4.69, 9.17) is 4.74 Å². The molecule has 0 radical (unpaired) electrons. The van der Waals surface area contributed by atoms with Crippen LogP contribution in [0.4, 0.5) is 10.1 Å². The molecule has 2 heterocycles. The molecule has 0 unspecified atom stereocenters. The molecule has 0 aliphatic carbocycles. The molecular formula is C21H21FN2O3. The summed E-state index contributed by atoms with van der Waals surface area (Å²) in [5, 5.41) is 5.73. The van der Waals surface area contributed by atoms with Crippen LogP contribution < -0.4 is 10.6 Å². The molecule has 3 atom stereocenters. The molecule has 2 aromatic carbocycles. The molecule has 2 N–H and O–H groups in total. The van der Waals surface area contributed by atoms with E-state index in [1.807, 2.05) is 6.92 Å². The van der Waals surface area contributed by atoms with Crippen molar-refractivity contribution in [3.8, 4) is 0 Å². The molecule has 2 aromatic rings. The summed E-state index contributed by atoms with van der Waals surface area (Å²) < 4.78 is 19.6. The van der Waals surface area contributed by atoms with Crippen molar-refractivity contribution in [3.63, 3.8) is 0 Å². The zero-order valence-corrected chi connectivity index (χ0v) is 15.0. The SMILES string of the molecule is Cc1ccc(C(=O)N[C@@H]2C[C@H]3CC[C@@H]2O3)cc1NC(=O)c1ccccc1F.